The van der Waals surface area contributed by atoms with Crippen molar-refractivity contribution in [2.75, 3.05) is 0 Å². The monoisotopic (exact) mass is 452 g/mol. The summed E-state index contributed by atoms with van der Waals surface area (Å²) in [5.41, 5.74) is 2.65. The van der Waals surface area contributed by atoms with Crippen molar-refractivity contribution in [3.05, 3.63) is 89.4 Å². The molecule has 3 N–H and O–H groups in total. The first-order valence-corrected chi connectivity index (χ1v) is 11.9. The number of carbonyl (C=O) groups is 1. The molecule has 9 heteroatoms. The number of nitrogens with zero attached hydrogens (tertiary/aromatic N) is 2. The summed E-state index contributed by atoms with van der Waals surface area (Å²) in [6.07, 6.45) is 0. The molecule has 158 valence electrons. The Balaban J connectivity index is 1.63. The molecule has 0 spiro atoms. The van der Waals surface area contributed by atoms with Gasteiger partial charge in [-0.05, 0) is 54.3 Å². The van der Waals surface area contributed by atoms with Crippen LogP contribution in [0.3, 0.4) is 0 Å². The van der Waals surface area contributed by atoms with E-state index in [4.69, 9.17) is 5.14 Å². The van der Waals surface area contributed by atoms with Crippen LogP contribution < -0.4 is 10.5 Å². The standard InChI is InChI=1S/C22H20N4O3S2/c1-15(16-9-11-18(12-10-16)31(23,28)29)24-22(27)20-14-19(21-8-5-13-30-21)25-26(20)17-6-3-2-4-7-17/h2-15H,1H3,(H,24,27)(H2,23,28,29). The molecule has 0 fully saturated rings. The molecule has 1 unspecified atom stereocenters. The van der Waals surface area contributed by atoms with Crippen LogP contribution in [-0.2, 0) is 10.0 Å². The number of nitrogens with one attached hydrogen (secondary N) is 1. The minimum absolute atomic E-state index is 0.0255. The number of carbonyl (C=O) groups excluding carboxylic acids is 1. The lowest BCUT2D eigenvalue weighted by molar-refractivity contribution is 0.0932. The van der Waals surface area contributed by atoms with Crippen LogP contribution >= 0.6 is 11.3 Å². The second-order valence-electron chi connectivity index (χ2n) is 6.95. The first-order valence-electron chi connectivity index (χ1n) is 9.46. The summed E-state index contributed by atoms with van der Waals surface area (Å²) in [7, 11) is -3.76. The summed E-state index contributed by atoms with van der Waals surface area (Å²) in [4.78, 5) is 14.1. The van der Waals surface area contributed by atoms with E-state index >= 15 is 0 Å². The molecule has 0 saturated heterocycles. The van der Waals surface area contributed by atoms with Gasteiger partial charge in [0.25, 0.3) is 5.91 Å². The molecule has 1 atom stereocenters. The van der Waals surface area contributed by atoms with Crippen LogP contribution in [0.25, 0.3) is 16.3 Å². The first-order chi connectivity index (χ1) is 14.8. The third-order valence-electron chi connectivity index (χ3n) is 4.77. The maximum absolute atomic E-state index is 13.1. The highest BCUT2D eigenvalue weighted by Crippen LogP contribution is 2.26. The number of para-hydroxylation sites is 1. The Morgan fingerprint density at radius 1 is 1.06 bits per heavy atom. The van der Waals surface area contributed by atoms with Gasteiger partial charge in [-0.1, -0.05) is 36.4 Å². The van der Waals surface area contributed by atoms with Crippen LogP contribution in [0.5, 0.6) is 0 Å². The van der Waals surface area contributed by atoms with Crippen LogP contribution in [0.1, 0.15) is 29.0 Å². The van der Waals surface area contributed by atoms with Crippen LogP contribution in [0.4, 0.5) is 0 Å². The topological polar surface area (TPSA) is 107 Å². The Hall–Kier alpha value is -3.27. The number of primary sulfonamides is 1. The van der Waals surface area contributed by atoms with E-state index in [1.54, 1.807) is 34.2 Å². The molecule has 1 amide bonds. The van der Waals surface area contributed by atoms with Crippen molar-refractivity contribution in [3.63, 3.8) is 0 Å². The molecule has 4 rings (SSSR count). The van der Waals surface area contributed by atoms with Gasteiger partial charge in [-0.15, -0.1) is 11.3 Å². The third-order valence-corrected chi connectivity index (χ3v) is 6.59. The second kappa shape index (κ2) is 8.46. The zero-order valence-corrected chi connectivity index (χ0v) is 18.2. The highest BCUT2D eigenvalue weighted by atomic mass is 32.2. The van der Waals surface area contributed by atoms with Crippen LogP contribution in [0.2, 0.25) is 0 Å². The minimum Gasteiger partial charge on any atom is -0.344 e. The zero-order chi connectivity index (χ0) is 22.0. The van der Waals surface area contributed by atoms with Crippen LogP contribution in [-0.4, -0.2) is 24.1 Å². The van der Waals surface area contributed by atoms with E-state index in [1.165, 1.54) is 12.1 Å². The van der Waals surface area contributed by atoms with Gasteiger partial charge in [0, 0.05) is 0 Å². The van der Waals surface area contributed by atoms with E-state index in [0.29, 0.717) is 11.4 Å². The smallest absolute Gasteiger partial charge is 0.270 e. The average Bonchev–Trinajstić information content (AvgIpc) is 3.44. The van der Waals surface area contributed by atoms with Crippen molar-refractivity contribution >= 4 is 27.3 Å². The molecular formula is C22H20N4O3S2. The van der Waals surface area contributed by atoms with E-state index in [0.717, 1.165) is 16.1 Å². The summed E-state index contributed by atoms with van der Waals surface area (Å²) in [6, 6.07) is 20.9. The summed E-state index contributed by atoms with van der Waals surface area (Å²) in [6.45, 7) is 1.83. The number of sulfonamides is 1. The van der Waals surface area contributed by atoms with Gasteiger partial charge in [0.05, 0.1) is 21.5 Å². The van der Waals surface area contributed by atoms with Crippen molar-refractivity contribution in [2.24, 2.45) is 5.14 Å². The molecule has 0 bridgehead atoms. The molecule has 0 aliphatic rings. The third kappa shape index (κ3) is 4.58. The Labute approximate surface area is 184 Å². The Morgan fingerprint density at radius 3 is 2.39 bits per heavy atom. The number of amides is 1. The Kier molecular flexibility index (Phi) is 5.73. The lowest BCUT2D eigenvalue weighted by Gasteiger charge is -2.15. The molecular weight excluding hydrogens is 432 g/mol. The fourth-order valence-electron chi connectivity index (χ4n) is 3.15. The maximum Gasteiger partial charge on any atom is 0.270 e. The zero-order valence-electron chi connectivity index (χ0n) is 16.6. The number of thiophene rings is 1. The van der Waals surface area contributed by atoms with Gasteiger partial charge in [-0.25, -0.2) is 18.2 Å². The van der Waals surface area contributed by atoms with E-state index in [9.17, 15) is 13.2 Å². The lowest BCUT2D eigenvalue weighted by Crippen LogP contribution is -2.28. The normalized spacial score (nSPS) is 12.5. The van der Waals surface area contributed by atoms with Crippen molar-refractivity contribution in [1.29, 1.82) is 0 Å². The Morgan fingerprint density at radius 2 is 1.77 bits per heavy atom. The summed E-state index contributed by atoms with van der Waals surface area (Å²) < 4.78 is 24.5. The molecule has 0 radical (unpaired) electrons. The number of nitrogens with two attached hydrogens (primary N) is 1. The van der Waals surface area contributed by atoms with E-state index < -0.39 is 10.0 Å². The van der Waals surface area contributed by atoms with Crippen molar-refractivity contribution < 1.29 is 13.2 Å². The summed E-state index contributed by atoms with van der Waals surface area (Å²) >= 11 is 1.55. The predicted molar refractivity (Wildman–Crippen MR) is 121 cm³/mol. The van der Waals surface area contributed by atoms with Gasteiger partial charge in [0.15, 0.2) is 0 Å². The van der Waals surface area contributed by atoms with Crippen molar-refractivity contribution in [1.82, 2.24) is 15.1 Å². The van der Waals surface area contributed by atoms with Crippen LogP contribution in [0.15, 0.2) is 83.1 Å². The molecule has 2 heterocycles. The quantitative estimate of drug-likeness (QED) is 0.465. The summed E-state index contributed by atoms with van der Waals surface area (Å²) in [5.74, 6) is -0.290. The van der Waals surface area contributed by atoms with Crippen molar-refractivity contribution in [2.45, 2.75) is 17.9 Å². The Bertz CT molecular complexity index is 1300. The van der Waals surface area contributed by atoms with Gasteiger partial charge in [-0.2, -0.15) is 5.10 Å². The van der Waals surface area contributed by atoms with Crippen LogP contribution in [0, 0.1) is 0 Å². The van der Waals surface area contributed by atoms with E-state index in [2.05, 4.69) is 10.4 Å². The summed E-state index contributed by atoms with van der Waals surface area (Å²) in [5, 5.41) is 14.7. The van der Waals surface area contributed by atoms with E-state index in [1.807, 2.05) is 54.8 Å². The number of hydrogen-bond acceptors (Lipinski definition) is 5. The lowest BCUT2D eigenvalue weighted by atomic mass is 10.1. The SMILES string of the molecule is CC(NC(=O)c1cc(-c2cccs2)nn1-c1ccccc1)c1ccc(S(N)(=O)=O)cc1. The highest BCUT2D eigenvalue weighted by Gasteiger charge is 2.20. The molecule has 2 aromatic heterocycles. The van der Waals surface area contributed by atoms with Gasteiger partial charge in [0.2, 0.25) is 10.0 Å². The maximum atomic E-state index is 13.1. The molecule has 0 saturated carbocycles. The van der Waals surface area contributed by atoms with E-state index in [-0.39, 0.29) is 16.8 Å². The molecule has 2 aromatic carbocycles. The molecule has 4 aromatic rings. The number of hydrogen-bond donors (Lipinski definition) is 2. The largest absolute Gasteiger partial charge is 0.344 e. The van der Waals surface area contributed by atoms with Gasteiger partial charge in [0.1, 0.15) is 11.4 Å². The molecule has 0 aliphatic heterocycles. The minimum atomic E-state index is -3.76. The van der Waals surface area contributed by atoms with Gasteiger partial charge >= 0.3 is 0 Å². The fraction of sp³-hybridized carbons (Fsp3) is 0.0909. The number of benzene rings is 2. The molecule has 31 heavy (non-hydrogen) atoms. The predicted octanol–water partition coefficient (Wildman–Crippen LogP) is 3.74. The first kappa shape index (κ1) is 21.0. The van der Waals surface area contributed by atoms with Gasteiger partial charge < -0.3 is 5.32 Å². The molecule has 7 nitrogen and oxygen atoms in total. The second-order valence-corrected chi connectivity index (χ2v) is 9.46. The highest BCUT2D eigenvalue weighted by molar-refractivity contribution is 7.89. The van der Waals surface area contributed by atoms with Gasteiger partial charge in [-0.3, -0.25) is 4.79 Å². The number of aromatic nitrogens is 2. The van der Waals surface area contributed by atoms with Crippen molar-refractivity contribution in [3.8, 4) is 16.3 Å². The number of rotatable bonds is 6. The fourth-order valence-corrected chi connectivity index (χ4v) is 4.35. The molecule has 0 aliphatic carbocycles. The average molecular weight is 453 g/mol.